The number of methoxy groups -OCH3 is 1. The molecular weight excluding hydrogens is 216 g/mol. The van der Waals surface area contributed by atoms with E-state index in [1.54, 1.807) is 25.4 Å². The molecule has 1 aromatic heterocycles. The van der Waals surface area contributed by atoms with Gasteiger partial charge in [-0.2, -0.15) is 0 Å². The third-order valence-corrected chi connectivity index (χ3v) is 2.35. The van der Waals surface area contributed by atoms with E-state index in [1.807, 2.05) is 25.1 Å². The Labute approximate surface area is 100 Å². The smallest absolute Gasteiger partial charge is 0.213 e. The molecule has 0 saturated carbocycles. The number of pyridine rings is 1. The van der Waals surface area contributed by atoms with Crippen molar-refractivity contribution in [2.24, 2.45) is 0 Å². The van der Waals surface area contributed by atoms with E-state index in [1.165, 1.54) is 0 Å². The molecule has 2 aromatic rings. The van der Waals surface area contributed by atoms with Crippen molar-refractivity contribution in [2.45, 2.75) is 6.92 Å². The Morgan fingerprint density at radius 2 is 2.00 bits per heavy atom. The van der Waals surface area contributed by atoms with Crippen molar-refractivity contribution < 1.29 is 9.47 Å². The number of ether oxygens (including phenoxy) is 2. The van der Waals surface area contributed by atoms with Crippen molar-refractivity contribution >= 4 is 5.69 Å². The van der Waals surface area contributed by atoms with Gasteiger partial charge in [0.15, 0.2) is 0 Å². The minimum absolute atomic E-state index is 0.561. The normalized spacial score (nSPS) is 10.0. The van der Waals surface area contributed by atoms with E-state index >= 15 is 0 Å². The summed E-state index contributed by atoms with van der Waals surface area (Å²) in [5, 5.41) is 0. The average Bonchev–Trinajstić information content (AvgIpc) is 2.34. The number of anilines is 1. The molecule has 0 saturated heterocycles. The van der Waals surface area contributed by atoms with Crippen molar-refractivity contribution in [3.8, 4) is 17.4 Å². The van der Waals surface area contributed by atoms with Gasteiger partial charge in [0, 0.05) is 11.8 Å². The molecule has 0 amide bonds. The highest BCUT2D eigenvalue weighted by molar-refractivity contribution is 5.48. The van der Waals surface area contributed by atoms with Crippen molar-refractivity contribution in [2.75, 3.05) is 12.8 Å². The Morgan fingerprint density at radius 1 is 1.18 bits per heavy atom. The molecule has 4 nitrogen and oxygen atoms in total. The van der Waals surface area contributed by atoms with Crippen LogP contribution in [0.3, 0.4) is 0 Å². The number of benzene rings is 1. The first-order valence-electron chi connectivity index (χ1n) is 5.23. The predicted octanol–water partition coefficient (Wildman–Crippen LogP) is 2.77. The minimum atomic E-state index is 0.561. The third-order valence-electron chi connectivity index (χ3n) is 2.35. The number of nitrogens with zero attached hydrogens (tertiary/aromatic N) is 1. The van der Waals surface area contributed by atoms with Gasteiger partial charge in [-0.05, 0) is 36.8 Å². The summed E-state index contributed by atoms with van der Waals surface area (Å²) < 4.78 is 10.7. The zero-order valence-electron chi connectivity index (χ0n) is 9.81. The SMILES string of the molecule is COc1ccc(Oc2ccc(N)cc2C)cn1. The van der Waals surface area contributed by atoms with E-state index in [9.17, 15) is 0 Å². The van der Waals surface area contributed by atoms with Gasteiger partial charge in [-0.3, -0.25) is 0 Å². The second-order valence-corrected chi connectivity index (χ2v) is 3.66. The standard InChI is InChI=1S/C13H14N2O2/c1-9-7-10(14)3-5-12(9)17-11-4-6-13(16-2)15-8-11/h3-8H,14H2,1-2H3. The van der Waals surface area contributed by atoms with Gasteiger partial charge in [0.05, 0.1) is 13.3 Å². The van der Waals surface area contributed by atoms with Crippen LogP contribution in [0.5, 0.6) is 17.4 Å². The molecule has 0 unspecified atom stereocenters. The molecule has 4 heteroatoms. The Kier molecular flexibility index (Phi) is 3.14. The van der Waals surface area contributed by atoms with Crippen molar-refractivity contribution in [1.29, 1.82) is 0 Å². The molecule has 0 aliphatic heterocycles. The molecule has 0 aliphatic carbocycles. The molecule has 0 bridgehead atoms. The molecule has 1 aromatic carbocycles. The summed E-state index contributed by atoms with van der Waals surface area (Å²) in [6, 6.07) is 9.07. The molecule has 2 N–H and O–H groups in total. The molecule has 0 fully saturated rings. The Balaban J connectivity index is 2.19. The van der Waals surface area contributed by atoms with Gasteiger partial charge in [0.25, 0.3) is 0 Å². The minimum Gasteiger partial charge on any atom is -0.481 e. The van der Waals surface area contributed by atoms with Gasteiger partial charge >= 0.3 is 0 Å². The summed E-state index contributed by atoms with van der Waals surface area (Å²) >= 11 is 0. The van der Waals surface area contributed by atoms with E-state index in [0.717, 1.165) is 17.0 Å². The number of nitrogens with two attached hydrogens (primary N) is 1. The van der Waals surface area contributed by atoms with Crippen LogP contribution in [-0.2, 0) is 0 Å². The molecular formula is C13H14N2O2. The summed E-state index contributed by atoms with van der Waals surface area (Å²) in [7, 11) is 1.58. The van der Waals surface area contributed by atoms with Gasteiger partial charge in [0.2, 0.25) is 5.88 Å². The topological polar surface area (TPSA) is 57.4 Å². The van der Waals surface area contributed by atoms with Gasteiger partial charge in [0.1, 0.15) is 11.5 Å². The van der Waals surface area contributed by atoms with Crippen LogP contribution < -0.4 is 15.2 Å². The zero-order chi connectivity index (χ0) is 12.3. The molecule has 0 aliphatic rings. The Hall–Kier alpha value is -2.23. The molecule has 1 heterocycles. The summed E-state index contributed by atoms with van der Waals surface area (Å²) in [5.41, 5.74) is 7.39. The average molecular weight is 230 g/mol. The van der Waals surface area contributed by atoms with E-state index in [0.29, 0.717) is 11.6 Å². The number of hydrogen-bond acceptors (Lipinski definition) is 4. The molecule has 0 spiro atoms. The van der Waals surface area contributed by atoms with Gasteiger partial charge in [-0.15, -0.1) is 0 Å². The lowest BCUT2D eigenvalue weighted by Gasteiger charge is -2.09. The van der Waals surface area contributed by atoms with E-state index in [-0.39, 0.29) is 0 Å². The van der Waals surface area contributed by atoms with Crippen LogP contribution in [0.4, 0.5) is 5.69 Å². The fourth-order valence-corrected chi connectivity index (χ4v) is 1.46. The van der Waals surface area contributed by atoms with Crippen LogP contribution in [0.2, 0.25) is 0 Å². The number of rotatable bonds is 3. The second-order valence-electron chi connectivity index (χ2n) is 3.66. The van der Waals surface area contributed by atoms with Crippen molar-refractivity contribution in [1.82, 2.24) is 4.98 Å². The largest absolute Gasteiger partial charge is 0.481 e. The van der Waals surface area contributed by atoms with Crippen LogP contribution in [0.25, 0.3) is 0 Å². The van der Waals surface area contributed by atoms with Crippen LogP contribution in [0, 0.1) is 6.92 Å². The summed E-state index contributed by atoms with van der Waals surface area (Å²) in [5.74, 6) is 2.00. The molecule has 0 atom stereocenters. The van der Waals surface area contributed by atoms with Crippen molar-refractivity contribution in [3.05, 3.63) is 42.1 Å². The van der Waals surface area contributed by atoms with Gasteiger partial charge in [-0.1, -0.05) is 0 Å². The Bertz CT molecular complexity index is 509. The number of hydrogen-bond donors (Lipinski definition) is 1. The summed E-state index contributed by atoms with van der Waals surface area (Å²) in [6.45, 7) is 1.95. The second kappa shape index (κ2) is 4.74. The Morgan fingerprint density at radius 3 is 2.59 bits per heavy atom. The first kappa shape index (κ1) is 11.3. The lowest BCUT2D eigenvalue weighted by atomic mass is 10.2. The van der Waals surface area contributed by atoms with Crippen molar-refractivity contribution in [3.63, 3.8) is 0 Å². The maximum absolute atomic E-state index is 5.69. The quantitative estimate of drug-likeness (QED) is 0.824. The van der Waals surface area contributed by atoms with Gasteiger partial charge in [-0.25, -0.2) is 4.98 Å². The molecule has 2 rings (SSSR count). The van der Waals surface area contributed by atoms with E-state index < -0.39 is 0 Å². The van der Waals surface area contributed by atoms with E-state index in [4.69, 9.17) is 15.2 Å². The fourth-order valence-electron chi connectivity index (χ4n) is 1.46. The summed E-state index contributed by atoms with van der Waals surface area (Å²) in [6.07, 6.45) is 1.62. The highest BCUT2D eigenvalue weighted by atomic mass is 16.5. The van der Waals surface area contributed by atoms with Crippen LogP contribution in [0.1, 0.15) is 5.56 Å². The fraction of sp³-hybridized carbons (Fsp3) is 0.154. The maximum Gasteiger partial charge on any atom is 0.213 e. The molecule has 88 valence electrons. The molecule has 0 radical (unpaired) electrons. The lowest BCUT2D eigenvalue weighted by Crippen LogP contribution is -1.92. The highest BCUT2D eigenvalue weighted by Crippen LogP contribution is 2.26. The zero-order valence-corrected chi connectivity index (χ0v) is 9.81. The van der Waals surface area contributed by atoms with E-state index in [2.05, 4.69) is 4.98 Å². The number of nitrogen functional groups attached to an aromatic ring is 1. The maximum atomic E-state index is 5.69. The third kappa shape index (κ3) is 2.66. The number of aryl methyl sites for hydroxylation is 1. The number of aromatic nitrogens is 1. The van der Waals surface area contributed by atoms with Crippen LogP contribution >= 0.6 is 0 Å². The van der Waals surface area contributed by atoms with Gasteiger partial charge < -0.3 is 15.2 Å². The first-order chi connectivity index (χ1) is 8.19. The van der Waals surface area contributed by atoms with Crippen LogP contribution in [-0.4, -0.2) is 12.1 Å². The molecule has 17 heavy (non-hydrogen) atoms. The predicted molar refractivity (Wildman–Crippen MR) is 66.5 cm³/mol. The monoisotopic (exact) mass is 230 g/mol. The highest BCUT2D eigenvalue weighted by Gasteiger charge is 2.02. The van der Waals surface area contributed by atoms with Crippen LogP contribution in [0.15, 0.2) is 36.5 Å². The summed E-state index contributed by atoms with van der Waals surface area (Å²) in [4.78, 5) is 4.07. The lowest BCUT2D eigenvalue weighted by molar-refractivity contribution is 0.394. The first-order valence-corrected chi connectivity index (χ1v) is 5.23.